The van der Waals surface area contributed by atoms with Gasteiger partial charge in [-0.25, -0.2) is 4.99 Å². The molecule has 0 aliphatic rings. The third kappa shape index (κ3) is 7.86. The number of methoxy groups -OCH3 is 1. The smallest absolute Gasteiger partial charge is 0.241 e. The number of benzene rings is 1. The van der Waals surface area contributed by atoms with Crippen molar-refractivity contribution in [2.24, 2.45) is 4.99 Å². The Balaban J connectivity index is 0.00000625. The Bertz CT molecular complexity index is 612. The van der Waals surface area contributed by atoms with E-state index >= 15 is 0 Å². The van der Waals surface area contributed by atoms with Gasteiger partial charge in [0.2, 0.25) is 5.91 Å². The van der Waals surface area contributed by atoms with Crippen LogP contribution in [0, 0.1) is 0 Å². The Morgan fingerprint density at radius 3 is 2.50 bits per heavy atom. The van der Waals surface area contributed by atoms with E-state index in [1.807, 2.05) is 19.9 Å². The molecule has 0 aromatic heterocycles. The maximum absolute atomic E-state index is 11.7. The van der Waals surface area contributed by atoms with Crippen LogP contribution in [-0.4, -0.2) is 57.7 Å². The molecule has 7 nitrogen and oxygen atoms in total. The highest BCUT2D eigenvalue weighted by molar-refractivity contribution is 14.0. The van der Waals surface area contributed by atoms with Crippen molar-refractivity contribution in [3.8, 4) is 11.5 Å². The summed E-state index contributed by atoms with van der Waals surface area (Å²) in [6.07, 6.45) is 0. The van der Waals surface area contributed by atoms with Gasteiger partial charge >= 0.3 is 0 Å². The predicted octanol–water partition coefficient (Wildman–Crippen LogP) is 2.51. The van der Waals surface area contributed by atoms with Crippen LogP contribution < -0.4 is 20.1 Å². The van der Waals surface area contributed by atoms with Crippen LogP contribution in [0.15, 0.2) is 17.1 Å². The number of carbonyl (C=O) groups is 1. The van der Waals surface area contributed by atoms with Crippen molar-refractivity contribution in [2.45, 2.75) is 20.4 Å². The van der Waals surface area contributed by atoms with E-state index in [1.165, 1.54) is 4.90 Å². The van der Waals surface area contributed by atoms with Crippen molar-refractivity contribution in [1.29, 1.82) is 0 Å². The fourth-order valence-electron chi connectivity index (χ4n) is 1.98. The highest BCUT2D eigenvalue weighted by Gasteiger charge is 2.12. The lowest BCUT2D eigenvalue weighted by Crippen LogP contribution is -2.42. The summed E-state index contributed by atoms with van der Waals surface area (Å²) in [4.78, 5) is 17.7. The van der Waals surface area contributed by atoms with Gasteiger partial charge in [-0.1, -0.05) is 11.6 Å². The molecular formula is C17H28ClIN4O3. The van der Waals surface area contributed by atoms with Crippen LogP contribution in [0.2, 0.25) is 5.02 Å². The summed E-state index contributed by atoms with van der Waals surface area (Å²) < 4.78 is 10.8. The van der Waals surface area contributed by atoms with Gasteiger partial charge in [0.15, 0.2) is 17.5 Å². The first-order valence-electron chi connectivity index (χ1n) is 8.14. The molecule has 0 heterocycles. The minimum absolute atomic E-state index is 0. The van der Waals surface area contributed by atoms with Gasteiger partial charge in [-0.3, -0.25) is 4.79 Å². The molecule has 0 saturated heterocycles. The quantitative estimate of drug-likeness (QED) is 0.327. The summed E-state index contributed by atoms with van der Waals surface area (Å²) in [5.41, 5.74) is 0.876. The van der Waals surface area contributed by atoms with Gasteiger partial charge < -0.3 is 25.0 Å². The van der Waals surface area contributed by atoms with Crippen molar-refractivity contribution >= 4 is 47.4 Å². The Labute approximate surface area is 177 Å². The van der Waals surface area contributed by atoms with E-state index in [0.29, 0.717) is 42.2 Å². The van der Waals surface area contributed by atoms with E-state index in [4.69, 9.17) is 21.1 Å². The van der Waals surface area contributed by atoms with E-state index in [0.717, 1.165) is 5.56 Å². The van der Waals surface area contributed by atoms with Crippen LogP contribution in [0.5, 0.6) is 11.5 Å². The molecule has 148 valence electrons. The van der Waals surface area contributed by atoms with Crippen LogP contribution in [0.25, 0.3) is 0 Å². The van der Waals surface area contributed by atoms with Crippen LogP contribution in [-0.2, 0) is 11.3 Å². The monoisotopic (exact) mass is 498 g/mol. The van der Waals surface area contributed by atoms with Gasteiger partial charge in [0.1, 0.15) is 0 Å². The standard InChI is InChI=1S/C17H27ClN4O3.HI/c1-6-19-17(21-11-15(23)22(3)4)20-10-12-8-13(18)16(25-7-2)14(9-12)24-5;/h8-9H,6-7,10-11H2,1-5H3,(H2,19,20,21);1H. The number of hydrogen-bond donors (Lipinski definition) is 2. The fourth-order valence-corrected chi connectivity index (χ4v) is 2.27. The van der Waals surface area contributed by atoms with Gasteiger partial charge in [-0.05, 0) is 31.5 Å². The van der Waals surface area contributed by atoms with E-state index < -0.39 is 0 Å². The molecule has 0 atom stereocenters. The average Bonchev–Trinajstić information content (AvgIpc) is 2.58. The molecule has 0 saturated carbocycles. The van der Waals surface area contributed by atoms with Crippen LogP contribution in [0.4, 0.5) is 0 Å². The van der Waals surface area contributed by atoms with E-state index in [1.54, 1.807) is 27.3 Å². The Kier molecular flexibility index (Phi) is 12.2. The molecule has 9 heteroatoms. The maximum Gasteiger partial charge on any atom is 0.241 e. The molecule has 26 heavy (non-hydrogen) atoms. The zero-order chi connectivity index (χ0) is 18.8. The zero-order valence-corrected chi connectivity index (χ0v) is 19.0. The third-order valence-corrected chi connectivity index (χ3v) is 3.53. The van der Waals surface area contributed by atoms with Gasteiger partial charge in [0.25, 0.3) is 0 Å². The summed E-state index contributed by atoms with van der Waals surface area (Å²) in [7, 11) is 4.99. The van der Waals surface area contributed by atoms with Gasteiger partial charge in [-0.15, -0.1) is 24.0 Å². The second-order valence-electron chi connectivity index (χ2n) is 5.38. The van der Waals surface area contributed by atoms with Crippen molar-refractivity contribution in [2.75, 3.05) is 40.9 Å². The molecule has 2 N–H and O–H groups in total. The second kappa shape index (κ2) is 12.9. The van der Waals surface area contributed by atoms with E-state index in [-0.39, 0.29) is 36.4 Å². The number of nitrogens with zero attached hydrogens (tertiary/aromatic N) is 2. The van der Waals surface area contributed by atoms with Crippen molar-refractivity contribution in [3.05, 3.63) is 22.7 Å². The number of halogens is 2. The van der Waals surface area contributed by atoms with Gasteiger partial charge in [-0.2, -0.15) is 0 Å². The average molecular weight is 499 g/mol. The predicted molar refractivity (Wildman–Crippen MR) is 116 cm³/mol. The molecule has 0 bridgehead atoms. The summed E-state index contributed by atoms with van der Waals surface area (Å²) in [5, 5.41) is 6.59. The molecule has 0 fully saturated rings. The van der Waals surface area contributed by atoms with Crippen LogP contribution in [0.3, 0.4) is 0 Å². The number of amides is 1. The van der Waals surface area contributed by atoms with Crippen molar-refractivity contribution < 1.29 is 14.3 Å². The number of carbonyl (C=O) groups excluding carboxylic acids is 1. The molecule has 0 radical (unpaired) electrons. The number of rotatable bonds is 8. The Morgan fingerprint density at radius 2 is 1.96 bits per heavy atom. The molecule has 0 aliphatic heterocycles. The summed E-state index contributed by atoms with van der Waals surface area (Å²) in [6.45, 7) is 5.59. The van der Waals surface area contributed by atoms with Crippen molar-refractivity contribution in [3.63, 3.8) is 0 Å². The maximum atomic E-state index is 11.7. The molecule has 1 aromatic rings. The SMILES string of the molecule is CCNC(=NCc1cc(Cl)c(OCC)c(OC)c1)NCC(=O)N(C)C.I. The second-order valence-corrected chi connectivity index (χ2v) is 5.79. The Morgan fingerprint density at radius 1 is 1.27 bits per heavy atom. The number of nitrogens with one attached hydrogen (secondary N) is 2. The highest BCUT2D eigenvalue weighted by atomic mass is 127. The molecule has 0 unspecified atom stereocenters. The van der Waals surface area contributed by atoms with Gasteiger partial charge in [0, 0.05) is 20.6 Å². The largest absolute Gasteiger partial charge is 0.493 e. The summed E-state index contributed by atoms with van der Waals surface area (Å²) in [6, 6.07) is 3.64. The summed E-state index contributed by atoms with van der Waals surface area (Å²) in [5.74, 6) is 1.62. The lowest BCUT2D eigenvalue weighted by atomic mass is 10.2. The minimum atomic E-state index is -0.0311. The van der Waals surface area contributed by atoms with E-state index in [2.05, 4.69) is 15.6 Å². The molecule has 0 aliphatic carbocycles. The summed E-state index contributed by atoms with van der Waals surface area (Å²) >= 11 is 6.27. The number of likely N-dealkylation sites (N-methyl/N-ethyl adjacent to an activating group) is 1. The topological polar surface area (TPSA) is 75.2 Å². The number of guanidine groups is 1. The number of hydrogen-bond acceptors (Lipinski definition) is 4. The van der Waals surface area contributed by atoms with Crippen LogP contribution in [0.1, 0.15) is 19.4 Å². The zero-order valence-electron chi connectivity index (χ0n) is 15.9. The van der Waals surface area contributed by atoms with Gasteiger partial charge in [0.05, 0.1) is 31.8 Å². The lowest BCUT2D eigenvalue weighted by molar-refractivity contribution is -0.127. The molecular weight excluding hydrogens is 471 g/mol. The molecule has 0 spiro atoms. The third-order valence-electron chi connectivity index (χ3n) is 3.25. The normalized spacial score (nSPS) is 10.6. The first-order chi connectivity index (χ1) is 11.9. The minimum Gasteiger partial charge on any atom is -0.493 e. The van der Waals surface area contributed by atoms with Crippen LogP contribution >= 0.6 is 35.6 Å². The molecule has 1 rings (SSSR count). The number of ether oxygens (including phenoxy) is 2. The van der Waals surface area contributed by atoms with E-state index in [9.17, 15) is 4.79 Å². The highest BCUT2D eigenvalue weighted by Crippen LogP contribution is 2.36. The molecule has 1 aromatic carbocycles. The number of aliphatic imine (C=N–C) groups is 1. The first-order valence-corrected chi connectivity index (χ1v) is 8.52. The first kappa shape index (κ1) is 24.6. The molecule has 1 amide bonds. The Hall–Kier alpha value is -1.42. The fraction of sp³-hybridized carbons (Fsp3) is 0.529. The lowest BCUT2D eigenvalue weighted by Gasteiger charge is -2.15. The van der Waals surface area contributed by atoms with Crippen molar-refractivity contribution in [1.82, 2.24) is 15.5 Å².